The van der Waals surface area contributed by atoms with Crippen LogP contribution >= 0.6 is 35.0 Å². The lowest BCUT2D eigenvalue weighted by molar-refractivity contribution is -0.140. The zero-order chi connectivity index (χ0) is 23.0. The van der Waals surface area contributed by atoms with E-state index in [1.165, 1.54) is 5.56 Å². The third-order valence-electron chi connectivity index (χ3n) is 5.16. The summed E-state index contributed by atoms with van der Waals surface area (Å²) in [4.78, 5) is 28.6. The van der Waals surface area contributed by atoms with Gasteiger partial charge in [0.25, 0.3) is 0 Å². The Balaban J connectivity index is 2.14. The average Bonchev–Trinajstić information content (AvgIpc) is 2.74. The Bertz CT molecular complexity index is 869. The van der Waals surface area contributed by atoms with Crippen LogP contribution in [0, 0.1) is 6.92 Å². The number of hydrogen-bond acceptors (Lipinski definition) is 3. The summed E-state index contributed by atoms with van der Waals surface area (Å²) >= 11 is 14.3. The van der Waals surface area contributed by atoms with Gasteiger partial charge < -0.3 is 10.2 Å². The summed E-state index contributed by atoms with van der Waals surface area (Å²) < 4.78 is 0. The molecule has 31 heavy (non-hydrogen) atoms. The predicted molar refractivity (Wildman–Crippen MR) is 131 cm³/mol. The maximum atomic E-state index is 13.2. The molecule has 0 saturated heterocycles. The predicted octanol–water partition coefficient (Wildman–Crippen LogP) is 6.12. The highest BCUT2D eigenvalue weighted by Gasteiger charge is 2.27. The molecular weight excluding hydrogens is 451 g/mol. The third-order valence-corrected chi connectivity index (χ3v) is 6.89. The van der Waals surface area contributed by atoms with Crippen molar-refractivity contribution in [2.24, 2.45) is 0 Å². The van der Waals surface area contributed by atoms with Crippen molar-refractivity contribution < 1.29 is 9.59 Å². The van der Waals surface area contributed by atoms with Gasteiger partial charge in [0, 0.05) is 45.3 Å². The first-order valence-electron chi connectivity index (χ1n) is 10.4. The van der Waals surface area contributed by atoms with Gasteiger partial charge in [0.1, 0.15) is 6.04 Å². The second-order valence-corrected chi connectivity index (χ2v) is 9.61. The molecule has 0 fully saturated rings. The summed E-state index contributed by atoms with van der Waals surface area (Å²) in [7, 11) is 0. The fraction of sp³-hybridized carbons (Fsp3) is 0.417. The van der Waals surface area contributed by atoms with E-state index in [4.69, 9.17) is 23.2 Å². The van der Waals surface area contributed by atoms with Crippen molar-refractivity contribution in [1.82, 2.24) is 10.2 Å². The Morgan fingerprint density at radius 2 is 1.68 bits per heavy atom. The Morgan fingerprint density at radius 3 is 2.26 bits per heavy atom. The molecular formula is C24H30Cl2N2O2S. The highest BCUT2D eigenvalue weighted by molar-refractivity contribution is 7.99. The molecule has 4 nitrogen and oxygen atoms in total. The largest absolute Gasteiger partial charge is 0.352 e. The monoisotopic (exact) mass is 480 g/mol. The Hall–Kier alpha value is -1.69. The van der Waals surface area contributed by atoms with Crippen LogP contribution in [0.5, 0.6) is 0 Å². The molecule has 1 N–H and O–H groups in total. The van der Waals surface area contributed by atoms with Crippen LogP contribution in [0.15, 0.2) is 47.4 Å². The first-order valence-corrected chi connectivity index (χ1v) is 12.2. The maximum Gasteiger partial charge on any atom is 0.242 e. The molecule has 0 aliphatic rings. The van der Waals surface area contributed by atoms with Gasteiger partial charge in [-0.2, -0.15) is 0 Å². The smallest absolute Gasteiger partial charge is 0.242 e. The summed E-state index contributed by atoms with van der Waals surface area (Å²) in [6.07, 6.45) is 1.12. The van der Waals surface area contributed by atoms with E-state index in [0.717, 1.165) is 11.3 Å². The number of nitrogens with zero attached hydrogens (tertiary/aromatic N) is 1. The Labute approximate surface area is 199 Å². The molecule has 0 saturated carbocycles. The van der Waals surface area contributed by atoms with Crippen LogP contribution in [-0.2, 0) is 16.1 Å². The summed E-state index contributed by atoms with van der Waals surface area (Å²) in [6, 6.07) is 12.8. The van der Waals surface area contributed by atoms with E-state index < -0.39 is 6.04 Å². The van der Waals surface area contributed by atoms with E-state index in [1.807, 2.05) is 32.9 Å². The lowest BCUT2D eigenvalue weighted by Gasteiger charge is -2.30. The summed E-state index contributed by atoms with van der Waals surface area (Å²) in [6.45, 7) is 7.92. The highest BCUT2D eigenvalue weighted by atomic mass is 35.5. The highest BCUT2D eigenvalue weighted by Crippen LogP contribution is 2.27. The van der Waals surface area contributed by atoms with Gasteiger partial charge in [0.15, 0.2) is 0 Å². The molecule has 0 spiro atoms. The molecule has 2 aromatic rings. The molecule has 7 heteroatoms. The molecule has 0 aliphatic heterocycles. The lowest BCUT2D eigenvalue weighted by Crippen LogP contribution is -2.49. The van der Waals surface area contributed by atoms with E-state index in [2.05, 4.69) is 17.4 Å². The molecule has 0 aliphatic carbocycles. The van der Waals surface area contributed by atoms with Gasteiger partial charge >= 0.3 is 0 Å². The third kappa shape index (κ3) is 7.74. The quantitative estimate of drug-likeness (QED) is 0.416. The van der Waals surface area contributed by atoms with E-state index >= 15 is 0 Å². The summed E-state index contributed by atoms with van der Waals surface area (Å²) in [5, 5.41) is 3.92. The first kappa shape index (κ1) is 25.6. The average molecular weight is 481 g/mol. The molecule has 0 aromatic heterocycles. The van der Waals surface area contributed by atoms with E-state index in [-0.39, 0.29) is 24.4 Å². The van der Waals surface area contributed by atoms with Crippen molar-refractivity contribution >= 4 is 46.8 Å². The lowest BCUT2D eigenvalue weighted by atomic mass is 10.1. The number of thioether (sulfide) groups is 1. The number of nitrogens with one attached hydrogen (secondary N) is 1. The standard InChI is InChI=1S/C24H30Cl2N2O2S/c1-5-17(3)27-24(30)18(4)28(15-20-21(25)7-6-8-22(20)26)23(29)13-14-31-19-11-9-16(2)10-12-19/h6-12,17-18H,5,13-15H2,1-4H3,(H,27,30)/t17-,18-/m1/s1. The van der Waals surface area contributed by atoms with Crippen LogP contribution in [0.2, 0.25) is 10.0 Å². The van der Waals surface area contributed by atoms with Crippen molar-refractivity contribution in [3.8, 4) is 0 Å². The minimum Gasteiger partial charge on any atom is -0.352 e. The fourth-order valence-electron chi connectivity index (χ4n) is 2.94. The van der Waals surface area contributed by atoms with Crippen molar-refractivity contribution in [2.45, 2.75) is 64.1 Å². The maximum absolute atomic E-state index is 13.2. The SMILES string of the molecule is CC[C@@H](C)NC(=O)[C@@H](C)N(Cc1c(Cl)cccc1Cl)C(=O)CCSc1ccc(C)cc1. The van der Waals surface area contributed by atoms with Gasteiger partial charge in [-0.05, 0) is 51.5 Å². The van der Waals surface area contributed by atoms with Crippen molar-refractivity contribution in [3.05, 3.63) is 63.6 Å². The van der Waals surface area contributed by atoms with Gasteiger partial charge in [0.2, 0.25) is 11.8 Å². The molecule has 0 unspecified atom stereocenters. The fourth-order valence-corrected chi connectivity index (χ4v) is 4.29. The van der Waals surface area contributed by atoms with Gasteiger partial charge in [0.05, 0.1) is 0 Å². The summed E-state index contributed by atoms with van der Waals surface area (Å²) in [5.41, 5.74) is 1.85. The van der Waals surface area contributed by atoms with Crippen LogP contribution in [0.25, 0.3) is 0 Å². The molecule has 0 bridgehead atoms. The second kappa shape index (κ2) is 12.4. The number of carbonyl (C=O) groups excluding carboxylic acids is 2. The van der Waals surface area contributed by atoms with Crippen LogP contribution in [0.1, 0.15) is 44.7 Å². The minimum absolute atomic E-state index is 0.0351. The number of hydrogen-bond donors (Lipinski definition) is 1. The number of halogens is 2. The van der Waals surface area contributed by atoms with Gasteiger partial charge in [-0.3, -0.25) is 9.59 Å². The number of carbonyl (C=O) groups is 2. The molecule has 2 amide bonds. The van der Waals surface area contributed by atoms with Gasteiger partial charge in [-0.25, -0.2) is 0 Å². The van der Waals surface area contributed by atoms with Crippen molar-refractivity contribution in [3.63, 3.8) is 0 Å². The number of aryl methyl sites for hydroxylation is 1. The topological polar surface area (TPSA) is 49.4 Å². The van der Waals surface area contributed by atoms with E-state index in [9.17, 15) is 9.59 Å². The molecule has 0 heterocycles. The first-order chi connectivity index (χ1) is 14.7. The van der Waals surface area contributed by atoms with E-state index in [0.29, 0.717) is 27.8 Å². The normalized spacial score (nSPS) is 12.8. The van der Waals surface area contributed by atoms with Crippen LogP contribution in [0.4, 0.5) is 0 Å². The van der Waals surface area contributed by atoms with Crippen LogP contribution in [-0.4, -0.2) is 34.6 Å². The van der Waals surface area contributed by atoms with Crippen molar-refractivity contribution in [2.75, 3.05) is 5.75 Å². The van der Waals surface area contributed by atoms with Crippen molar-refractivity contribution in [1.29, 1.82) is 0 Å². The molecule has 2 atom stereocenters. The summed E-state index contributed by atoms with van der Waals surface area (Å²) in [5.74, 6) is 0.327. The number of benzene rings is 2. The van der Waals surface area contributed by atoms with Crippen LogP contribution in [0.3, 0.4) is 0 Å². The van der Waals surface area contributed by atoms with Gasteiger partial charge in [-0.1, -0.05) is 53.9 Å². The molecule has 2 rings (SSSR count). The Morgan fingerprint density at radius 1 is 1.06 bits per heavy atom. The number of rotatable bonds is 10. The zero-order valence-electron chi connectivity index (χ0n) is 18.5. The minimum atomic E-state index is -0.641. The van der Waals surface area contributed by atoms with Gasteiger partial charge in [-0.15, -0.1) is 11.8 Å². The van der Waals surface area contributed by atoms with Crippen LogP contribution < -0.4 is 5.32 Å². The second-order valence-electron chi connectivity index (χ2n) is 7.63. The van der Waals surface area contributed by atoms with E-state index in [1.54, 1.807) is 41.8 Å². The number of amides is 2. The zero-order valence-corrected chi connectivity index (χ0v) is 20.8. The Kier molecular flexibility index (Phi) is 10.2. The molecule has 0 radical (unpaired) electrons. The molecule has 168 valence electrons. The molecule has 2 aromatic carbocycles.